The van der Waals surface area contributed by atoms with Crippen LogP contribution in [0.1, 0.15) is 5.56 Å². The van der Waals surface area contributed by atoms with Crippen molar-refractivity contribution in [3.8, 4) is 0 Å². The second kappa shape index (κ2) is 1.71. The van der Waals surface area contributed by atoms with Crippen LogP contribution in [-0.4, -0.2) is 0 Å². The van der Waals surface area contributed by atoms with Crippen LogP contribution in [0.3, 0.4) is 0 Å². The van der Waals surface area contributed by atoms with Gasteiger partial charge in [-0.3, -0.25) is 0 Å². The Bertz CT molecular complexity index is 136. The Labute approximate surface area is 45.2 Å². The number of rotatable bonds is 0. The van der Waals surface area contributed by atoms with Gasteiger partial charge < -0.3 is 0 Å². The lowest BCUT2D eigenvalue weighted by atomic mass is 10.4. The quantitative estimate of drug-likeness (QED) is 0.482. The van der Waals surface area contributed by atoms with E-state index in [2.05, 4.69) is 31.3 Å². The molecule has 1 heteroatoms. The molecule has 1 radical (unpaired) electrons. The van der Waals surface area contributed by atoms with Crippen molar-refractivity contribution in [3.05, 3.63) is 23.2 Å². The molecule has 1 heterocycles. The van der Waals surface area contributed by atoms with Crippen molar-refractivity contribution in [2.75, 3.05) is 0 Å². The molecule has 0 aliphatic heterocycles. The molecule has 0 amide bonds. The summed E-state index contributed by atoms with van der Waals surface area (Å²) >= 11 is 0. The van der Waals surface area contributed by atoms with Crippen LogP contribution < -0.4 is 0 Å². The standard InChI is InChI=1S/C6H8P/c1-6-3-4-7(2)5-6/h3-4H,1-2H3. The lowest BCUT2D eigenvalue weighted by Crippen LogP contribution is -1.49. The molecule has 0 N–H and O–H groups in total. The Hall–Kier alpha value is -0.220. The normalized spacial score (nSPS) is 12.0. The van der Waals surface area contributed by atoms with Crippen LogP contribution in [0.25, 0.3) is 0 Å². The topological polar surface area (TPSA) is 0 Å². The summed E-state index contributed by atoms with van der Waals surface area (Å²) < 4.78 is 0. The van der Waals surface area contributed by atoms with Gasteiger partial charge in [0.2, 0.25) is 0 Å². The molecule has 1 unspecified atom stereocenters. The van der Waals surface area contributed by atoms with Crippen molar-refractivity contribution in [1.82, 2.24) is 0 Å². The summed E-state index contributed by atoms with van der Waals surface area (Å²) in [6.07, 6.45) is 0. The summed E-state index contributed by atoms with van der Waals surface area (Å²) in [6.45, 7) is 4.28. The average molecular weight is 111 g/mol. The molecule has 0 spiro atoms. The fourth-order valence-electron chi connectivity index (χ4n) is 0.576. The van der Waals surface area contributed by atoms with Crippen molar-refractivity contribution >= 4 is 7.53 Å². The Morgan fingerprint density at radius 2 is 2.43 bits per heavy atom. The molecular formula is C6H8P. The maximum absolute atomic E-state index is 3.29. The monoisotopic (exact) mass is 111 g/mol. The van der Waals surface area contributed by atoms with E-state index in [0.29, 0.717) is 0 Å². The van der Waals surface area contributed by atoms with E-state index >= 15 is 0 Å². The van der Waals surface area contributed by atoms with Crippen LogP contribution >= 0.6 is 7.53 Å². The maximum atomic E-state index is 3.29. The van der Waals surface area contributed by atoms with E-state index in [1.807, 2.05) is 0 Å². The summed E-state index contributed by atoms with van der Waals surface area (Å²) in [7, 11) is 0.0280. The molecule has 0 fully saturated rings. The first kappa shape index (κ1) is 4.93. The molecule has 1 atom stereocenters. The zero-order chi connectivity index (χ0) is 5.28. The van der Waals surface area contributed by atoms with Crippen LogP contribution in [0, 0.1) is 12.7 Å². The van der Waals surface area contributed by atoms with Crippen LogP contribution in [0.5, 0.6) is 0 Å². The third-order valence-electron chi connectivity index (χ3n) is 0.901. The molecule has 7 heavy (non-hydrogen) atoms. The molecule has 37 valence electrons. The van der Waals surface area contributed by atoms with Gasteiger partial charge in [0.25, 0.3) is 0 Å². The molecule has 0 saturated heterocycles. The van der Waals surface area contributed by atoms with Crippen LogP contribution in [0.15, 0.2) is 11.9 Å². The minimum absolute atomic E-state index is 0.0280. The minimum Gasteiger partial charge on any atom is -0.119 e. The van der Waals surface area contributed by atoms with Gasteiger partial charge in [-0.05, 0) is 25.0 Å². The van der Waals surface area contributed by atoms with E-state index in [-0.39, 0.29) is 7.53 Å². The molecule has 1 aromatic rings. The third kappa shape index (κ3) is 1.07. The second-order valence-electron chi connectivity index (χ2n) is 1.72. The van der Waals surface area contributed by atoms with Gasteiger partial charge in [-0.25, -0.2) is 0 Å². The summed E-state index contributed by atoms with van der Waals surface area (Å²) in [5.41, 5.74) is 1.30. The van der Waals surface area contributed by atoms with Gasteiger partial charge in [-0.1, -0.05) is 6.07 Å². The van der Waals surface area contributed by atoms with Crippen molar-refractivity contribution in [2.24, 2.45) is 6.66 Å². The van der Waals surface area contributed by atoms with Crippen LogP contribution in [0.4, 0.5) is 0 Å². The summed E-state index contributed by atoms with van der Waals surface area (Å²) in [6, 6.07) is 2.13. The highest BCUT2D eigenvalue weighted by Crippen LogP contribution is 2.22. The molecule has 0 bridgehead atoms. The Kier molecular flexibility index (Phi) is 1.21. The van der Waals surface area contributed by atoms with Crippen LogP contribution in [-0.2, 0) is 6.66 Å². The zero-order valence-electron chi connectivity index (χ0n) is 4.60. The van der Waals surface area contributed by atoms with Crippen molar-refractivity contribution in [1.29, 1.82) is 0 Å². The van der Waals surface area contributed by atoms with Gasteiger partial charge in [0.15, 0.2) is 0 Å². The lowest BCUT2D eigenvalue weighted by Gasteiger charge is -1.72. The van der Waals surface area contributed by atoms with Crippen molar-refractivity contribution in [2.45, 2.75) is 6.92 Å². The highest BCUT2D eigenvalue weighted by atomic mass is 31.1. The lowest BCUT2D eigenvalue weighted by molar-refractivity contribution is 1.55. The predicted molar refractivity (Wildman–Crippen MR) is 33.7 cm³/mol. The number of hydrogen-bond acceptors (Lipinski definition) is 0. The molecule has 0 saturated carbocycles. The molecule has 0 aliphatic rings. The zero-order valence-corrected chi connectivity index (χ0v) is 5.50. The van der Waals surface area contributed by atoms with Gasteiger partial charge in [-0.15, -0.1) is 7.53 Å². The predicted octanol–water partition coefficient (Wildman–Crippen LogP) is 2.32. The van der Waals surface area contributed by atoms with Crippen LogP contribution in [0.2, 0.25) is 0 Å². The largest absolute Gasteiger partial charge is 0.119 e. The number of hydrogen-bond donors (Lipinski definition) is 0. The summed E-state index contributed by atoms with van der Waals surface area (Å²) in [4.78, 5) is 0. The Morgan fingerprint density at radius 3 is 2.57 bits per heavy atom. The molecule has 0 nitrogen and oxygen atoms in total. The van der Waals surface area contributed by atoms with Gasteiger partial charge in [0, 0.05) is 5.80 Å². The summed E-state index contributed by atoms with van der Waals surface area (Å²) in [5.74, 6) is 5.50. The molecule has 1 rings (SSSR count). The Balaban J connectivity index is 3.04. The first-order valence-electron chi connectivity index (χ1n) is 2.30. The maximum Gasteiger partial charge on any atom is 0.00802 e. The van der Waals surface area contributed by atoms with E-state index in [1.54, 1.807) is 0 Å². The fraction of sp³-hybridized carbons (Fsp3) is 0.333. The second-order valence-corrected chi connectivity index (χ2v) is 3.47. The summed E-state index contributed by atoms with van der Waals surface area (Å²) in [5, 5.41) is 0. The van der Waals surface area contributed by atoms with Crippen molar-refractivity contribution in [3.63, 3.8) is 0 Å². The van der Waals surface area contributed by atoms with Gasteiger partial charge in [-0.2, -0.15) is 0 Å². The van der Waals surface area contributed by atoms with Crippen molar-refractivity contribution < 1.29 is 0 Å². The highest BCUT2D eigenvalue weighted by Gasteiger charge is 1.83. The first-order chi connectivity index (χ1) is 3.29. The van der Waals surface area contributed by atoms with E-state index in [9.17, 15) is 0 Å². The van der Waals surface area contributed by atoms with E-state index in [0.717, 1.165) is 0 Å². The molecular weight excluding hydrogens is 103 g/mol. The third-order valence-corrected chi connectivity index (χ3v) is 2.20. The average Bonchev–Trinajstić information content (AvgIpc) is 1.87. The molecule has 1 aromatic heterocycles. The highest BCUT2D eigenvalue weighted by molar-refractivity contribution is 7.46. The minimum atomic E-state index is 0.0280. The van der Waals surface area contributed by atoms with Gasteiger partial charge >= 0.3 is 0 Å². The number of aryl methyl sites for hydroxylation is 2. The molecule has 0 aliphatic carbocycles. The van der Waals surface area contributed by atoms with Gasteiger partial charge in [0.05, 0.1) is 0 Å². The fourth-order valence-corrected chi connectivity index (χ4v) is 1.73. The Morgan fingerprint density at radius 1 is 1.71 bits per heavy atom. The molecule has 0 aromatic carbocycles. The van der Waals surface area contributed by atoms with E-state index in [4.69, 9.17) is 0 Å². The van der Waals surface area contributed by atoms with E-state index in [1.165, 1.54) is 5.56 Å². The smallest absolute Gasteiger partial charge is 0.00802 e. The first-order valence-corrected chi connectivity index (χ1v) is 4.16. The van der Waals surface area contributed by atoms with Gasteiger partial charge in [0.1, 0.15) is 0 Å². The van der Waals surface area contributed by atoms with E-state index < -0.39 is 0 Å². The SMILES string of the molecule is Cc1[c]p(C)cc1.